The molecule has 0 atom stereocenters. The standard InChI is InChI=1S/C13H12FN3S/c1-2-8-6-9-11(15)13-10(12(9)17-18-8)5-7(14)3-4-16-13/h3-6,15-17H,2H2,1H3. The van der Waals surface area contributed by atoms with Gasteiger partial charge in [0.25, 0.3) is 0 Å². The number of H-pyrrole nitrogens is 2. The Morgan fingerprint density at radius 2 is 2.11 bits per heavy atom. The van der Waals surface area contributed by atoms with Gasteiger partial charge in [-0.2, -0.15) is 0 Å². The van der Waals surface area contributed by atoms with E-state index in [4.69, 9.17) is 5.41 Å². The molecule has 0 unspecified atom stereocenters. The molecule has 5 heteroatoms. The van der Waals surface area contributed by atoms with Crippen LogP contribution in [0.2, 0.25) is 0 Å². The Hall–Kier alpha value is -1.88. The molecule has 0 radical (unpaired) electrons. The van der Waals surface area contributed by atoms with Gasteiger partial charge >= 0.3 is 0 Å². The third-order valence-electron chi connectivity index (χ3n) is 3.02. The molecular formula is C13H12FN3S. The summed E-state index contributed by atoms with van der Waals surface area (Å²) in [5, 5.41) is 10.1. The fourth-order valence-corrected chi connectivity index (χ4v) is 2.86. The largest absolute Gasteiger partial charge is 0.359 e. The smallest absolute Gasteiger partial charge is 0.125 e. The minimum atomic E-state index is -0.314. The predicted molar refractivity (Wildman–Crippen MR) is 72.0 cm³/mol. The summed E-state index contributed by atoms with van der Waals surface area (Å²) in [7, 11) is 0. The van der Waals surface area contributed by atoms with Crippen molar-refractivity contribution in [1.29, 1.82) is 5.41 Å². The van der Waals surface area contributed by atoms with E-state index in [1.165, 1.54) is 34.7 Å². The van der Waals surface area contributed by atoms with E-state index in [1.54, 1.807) is 0 Å². The van der Waals surface area contributed by atoms with Gasteiger partial charge in [-0.15, -0.1) is 0 Å². The lowest BCUT2D eigenvalue weighted by Crippen LogP contribution is -1.96. The zero-order valence-corrected chi connectivity index (χ0v) is 10.6. The van der Waals surface area contributed by atoms with E-state index in [0.29, 0.717) is 10.9 Å². The van der Waals surface area contributed by atoms with Gasteiger partial charge in [-0.25, -0.2) is 4.39 Å². The molecule has 3 nitrogen and oxygen atoms in total. The summed E-state index contributed by atoms with van der Waals surface area (Å²) in [6, 6.07) is 4.82. The summed E-state index contributed by atoms with van der Waals surface area (Å²) in [6.45, 7) is 2.07. The molecule has 2 aromatic heterocycles. The second-order valence-corrected chi connectivity index (χ2v) is 5.06. The van der Waals surface area contributed by atoms with E-state index < -0.39 is 0 Å². The van der Waals surface area contributed by atoms with Crippen molar-refractivity contribution < 1.29 is 4.39 Å². The summed E-state index contributed by atoms with van der Waals surface area (Å²) in [4.78, 5) is 4.15. The van der Waals surface area contributed by atoms with E-state index in [0.717, 1.165) is 22.7 Å². The van der Waals surface area contributed by atoms with Gasteiger partial charge in [0, 0.05) is 21.8 Å². The van der Waals surface area contributed by atoms with Crippen LogP contribution in [0.1, 0.15) is 11.8 Å². The molecule has 3 aromatic rings. The van der Waals surface area contributed by atoms with E-state index >= 15 is 0 Å². The van der Waals surface area contributed by atoms with Crippen LogP contribution in [0.5, 0.6) is 0 Å². The van der Waals surface area contributed by atoms with E-state index in [2.05, 4.69) is 16.3 Å². The molecule has 0 spiro atoms. The number of aromatic nitrogens is 2. The Kier molecular flexibility index (Phi) is 2.56. The number of halogens is 1. The van der Waals surface area contributed by atoms with Crippen molar-refractivity contribution in [3.63, 3.8) is 0 Å². The van der Waals surface area contributed by atoms with E-state index in [1.807, 2.05) is 6.07 Å². The molecule has 0 fully saturated rings. The minimum Gasteiger partial charge on any atom is -0.359 e. The molecular weight excluding hydrogens is 249 g/mol. The SMILES string of the molecule is CCc1cc2c(=N)c3[nH]ccc(F)cc3c2[nH]s1. The number of aromatic amines is 2. The molecule has 0 aliphatic rings. The average molecular weight is 261 g/mol. The van der Waals surface area contributed by atoms with Crippen LogP contribution in [0.4, 0.5) is 4.39 Å². The predicted octanol–water partition coefficient (Wildman–Crippen LogP) is 3.45. The quantitative estimate of drug-likeness (QED) is 0.601. The highest BCUT2D eigenvalue weighted by Gasteiger charge is 2.09. The molecule has 0 aliphatic carbocycles. The topological polar surface area (TPSA) is 55.4 Å². The molecule has 0 amide bonds. The number of rotatable bonds is 1. The highest BCUT2D eigenvalue weighted by Crippen LogP contribution is 2.23. The summed E-state index contributed by atoms with van der Waals surface area (Å²) < 4.78 is 16.7. The zero-order valence-electron chi connectivity index (χ0n) is 9.80. The number of aryl methyl sites for hydroxylation is 1. The maximum Gasteiger partial charge on any atom is 0.125 e. The van der Waals surface area contributed by atoms with E-state index in [9.17, 15) is 4.39 Å². The minimum absolute atomic E-state index is 0.314. The molecule has 1 aromatic carbocycles. The maximum absolute atomic E-state index is 13.5. The van der Waals surface area contributed by atoms with Gasteiger partial charge in [-0.1, -0.05) is 18.5 Å². The first kappa shape index (κ1) is 11.2. The molecule has 18 heavy (non-hydrogen) atoms. The van der Waals surface area contributed by atoms with Crippen molar-refractivity contribution in [1.82, 2.24) is 9.36 Å². The Morgan fingerprint density at radius 1 is 1.28 bits per heavy atom. The molecule has 2 heterocycles. The summed E-state index contributed by atoms with van der Waals surface area (Å²) >= 11 is 1.53. The second kappa shape index (κ2) is 4.10. The molecule has 0 saturated heterocycles. The third kappa shape index (κ3) is 1.59. The Labute approximate surface area is 107 Å². The molecule has 0 saturated carbocycles. The lowest BCUT2D eigenvalue weighted by atomic mass is 10.3. The van der Waals surface area contributed by atoms with Crippen LogP contribution in [-0.2, 0) is 6.42 Å². The van der Waals surface area contributed by atoms with Crippen LogP contribution in [0, 0.1) is 11.2 Å². The van der Waals surface area contributed by atoms with Gasteiger partial charge in [-0.05, 0) is 24.6 Å². The van der Waals surface area contributed by atoms with Gasteiger partial charge in [0.05, 0.1) is 16.4 Å². The monoisotopic (exact) mass is 261 g/mol. The van der Waals surface area contributed by atoms with Crippen LogP contribution in [-0.4, -0.2) is 9.36 Å². The molecule has 3 rings (SSSR count). The highest BCUT2D eigenvalue weighted by molar-refractivity contribution is 7.06. The molecule has 0 aliphatic heterocycles. The lowest BCUT2D eigenvalue weighted by Gasteiger charge is -1.96. The Balaban J connectivity index is 2.56. The van der Waals surface area contributed by atoms with Crippen molar-refractivity contribution in [3.05, 3.63) is 40.4 Å². The van der Waals surface area contributed by atoms with Crippen molar-refractivity contribution in [3.8, 4) is 0 Å². The van der Waals surface area contributed by atoms with Crippen LogP contribution in [0.15, 0.2) is 24.4 Å². The normalized spacial score (nSPS) is 11.2. The van der Waals surface area contributed by atoms with Gasteiger partial charge in [0.2, 0.25) is 0 Å². The number of hydrogen-bond acceptors (Lipinski definition) is 2. The van der Waals surface area contributed by atoms with Crippen molar-refractivity contribution in [2.75, 3.05) is 0 Å². The fourth-order valence-electron chi connectivity index (χ4n) is 2.08. The average Bonchev–Trinajstić information content (AvgIpc) is 2.54. The maximum atomic E-state index is 13.5. The molecule has 92 valence electrons. The van der Waals surface area contributed by atoms with Gasteiger partial charge in [0.1, 0.15) is 5.82 Å². The summed E-state index contributed by atoms with van der Waals surface area (Å²) in [5.74, 6) is -0.314. The van der Waals surface area contributed by atoms with Crippen LogP contribution in [0.25, 0.3) is 21.8 Å². The molecule has 3 N–H and O–H groups in total. The summed E-state index contributed by atoms with van der Waals surface area (Å²) in [6.07, 6.45) is 2.45. The first-order valence-corrected chi connectivity index (χ1v) is 6.54. The van der Waals surface area contributed by atoms with Crippen LogP contribution in [0.3, 0.4) is 0 Å². The van der Waals surface area contributed by atoms with Crippen LogP contribution >= 0.6 is 11.5 Å². The zero-order chi connectivity index (χ0) is 12.7. The lowest BCUT2D eigenvalue weighted by molar-refractivity contribution is 0.630. The Bertz CT molecular complexity index is 810. The Morgan fingerprint density at radius 3 is 2.89 bits per heavy atom. The number of fused-ring (bicyclic) bond motifs is 3. The first-order chi connectivity index (χ1) is 8.70. The van der Waals surface area contributed by atoms with Crippen LogP contribution < -0.4 is 5.36 Å². The van der Waals surface area contributed by atoms with Crippen molar-refractivity contribution >= 4 is 33.3 Å². The third-order valence-corrected chi connectivity index (χ3v) is 3.99. The number of nitrogens with one attached hydrogen (secondary N) is 3. The number of hydrogen-bond donors (Lipinski definition) is 3. The van der Waals surface area contributed by atoms with Gasteiger partial charge < -0.3 is 9.36 Å². The van der Waals surface area contributed by atoms with Crippen molar-refractivity contribution in [2.45, 2.75) is 13.3 Å². The second-order valence-electron chi connectivity index (χ2n) is 4.13. The first-order valence-electron chi connectivity index (χ1n) is 5.72. The highest BCUT2D eigenvalue weighted by atomic mass is 32.1. The van der Waals surface area contributed by atoms with Gasteiger partial charge in [-0.3, -0.25) is 5.41 Å². The van der Waals surface area contributed by atoms with E-state index in [-0.39, 0.29) is 5.82 Å². The van der Waals surface area contributed by atoms with Crippen molar-refractivity contribution in [2.24, 2.45) is 0 Å². The fraction of sp³-hybridized carbons (Fsp3) is 0.154. The summed E-state index contributed by atoms with van der Waals surface area (Å²) in [5.41, 5.74) is 1.48. The molecule has 0 bridgehead atoms. The van der Waals surface area contributed by atoms with Gasteiger partial charge in [0.15, 0.2) is 0 Å².